The molecule has 0 bridgehead atoms. The highest BCUT2D eigenvalue weighted by Gasteiger charge is 2.51. The van der Waals surface area contributed by atoms with Gasteiger partial charge in [-0.1, -0.05) is 164 Å². The molecule has 338 valence electrons. The van der Waals surface area contributed by atoms with Crippen LogP contribution in [-0.4, -0.2) is 69.3 Å². The molecule has 2 aliphatic heterocycles. The minimum absolute atomic E-state index is 0.181. The topological polar surface area (TPSA) is 92.3 Å². The number of ether oxygens (including phenoxy) is 10. The number of benzene rings is 6. The lowest BCUT2D eigenvalue weighted by molar-refractivity contribution is -0.347. The van der Waals surface area contributed by atoms with Crippen LogP contribution in [0.5, 0.6) is 5.75 Å². The Bertz CT molecular complexity index is 2250. The number of hydrogen-bond donors (Lipinski definition) is 0. The van der Waals surface area contributed by atoms with Crippen LogP contribution in [0, 0.1) is 0 Å². The Morgan fingerprint density at radius 3 is 1.31 bits per heavy atom. The molecule has 0 spiro atoms. The summed E-state index contributed by atoms with van der Waals surface area (Å²) in [7, 11) is 1.65. The van der Waals surface area contributed by atoms with Gasteiger partial charge >= 0.3 is 0 Å². The van der Waals surface area contributed by atoms with E-state index in [1.807, 2.05) is 182 Å². The van der Waals surface area contributed by atoms with Crippen molar-refractivity contribution in [1.82, 2.24) is 0 Å². The average Bonchev–Trinajstić information content (AvgIpc) is 3.36. The van der Waals surface area contributed by atoms with Gasteiger partial charge in [-0.25, -0.2) is 0 Å². The minimum Gasteiger partial charge on any atom is -0.497 e. The van der Waals surface area contributed by atoms with Crippen molar-refractivity contribution in [2.75, 3.05) is 20.3 Å². The van der Waals surface area contributed by atoms with Crippen molar-refractivity contribution in [1.29, 1.82) is 0 Å². The summed E-state index contributed by atoms with van der Waals surface area (Å²) in [5.41, 5.74) is 6.06. The van der Waals surface area contributed by atoms with Gasteiger partial charge in [-0.3, -0.25) is 0 Å². The predicted octanol–water partition coefficient (Wildman–Crippen LogP) is 9.79. The highest BCUT2D eigenvalue weighted by atomic mass is 16.7. The first kappa shape index (κ1) is 45.9. The van der Waals surface area contributed by atoms with Crippen LogP contribution in [0.1, 0.15) is 33.4 Å². The molecule has 8 atom stereocenters. The summed E-state index contributed by atoms with van der Waals surface area (Å²) >= 11 is 0. The van der Waals surface area contributed by atoms with Crippen molar-refractivity contribution >= 4 is 0 Å². The fourth-order valence-electron chi connectivity index (χ4n) is 7.86. The molecule has 1 saturated heterocycles. The van der Waals surface area contributed by atoms with E-state index >= 15 is 0 Å². The lowest BCUT2D eigenvalue weighted by Gasteiger charge is -2.47. The maximum atomic E-state index is 7.23. The second-order valence-corrected chi connectivity index (χ2v) is 16.1. The molecule has 6 aromatic carbocycles. The number of hydrogen-bond acceptors (Lipinski definition) is 10. The van der Waals surface area contributed by atoms with Crippen molar-refractivity contribution in [3.05, 3.63) is 222 Å². The van der Waals surface area contributed by atoms with Gasteiger partial charge in [0.05, 0.1) is 66.2 Å². The van der Waals surface area contributed by atoms with Gasteiger partial charge in [0.15, 0.2) is 12.4 Å². The van der Waals surface area contributed by atoms with E-state index in [9.17, 15) is 0 Å². The fraction of sp³-hybridized carbons (Fsp3) is 0.309. The van der Waals surface area contributed by atoms with E-state index in [0.29, 0.717) is 26.4 Å². The van der Waals surface area contributed by atoms with Crippen LogP contribution in [0.2, 0.25) is 0 Å². The Kier molecular flexibility index (Phi) is 17.4. The van der Waals surface area contributed by atoms with Gasteiger partial charge in [-0.15, -0.1) is 0 Å². The SMILES string of the molecule is COc1ccc(CO[C@H]2[C@@H](OCc3ccccc3)[C@@H](COCc3ccccc3)O[C@H](O[C@@H]3[C@H](OCc4ccccc4)C=CO[C@@H]3COCc3ccccc3)[C@@H]2OCc2ccccc2)cc1. The minimum atomic E-state index is -0.999. The van der Waals surface area contributed by atoms with E-state index in [0.717, 1.165) is 39.1 Å². The van der Waals surface area contributed by atoms with E-state index in [4.69, 9.17) is 47.4 Å². The molecule has 2 heterocycles. The summed E-state index contributed by atoms with van der Waals surface area (Å²) in [5, 5.41) is 0. The quantitative estimate of drug-likeness (QED) is 0.0620. The van der Waals surface area contributed by atoms with Gasteiger partial charge in [-0.05, 0) is 51.6 Å². The Morgan fingerprint density at radius 1 is 0.400 bits per heavy atom. The van der Waals surface area contributed by atoms with Gasteiger partial charge in [0.1, 0.15) is 42.4 Å². The summed E-state index contributed by atoms with van der Waals surface area (Å²) in [5.74, 6) is 0.757. The third-order valence-corrected chi connectivity index (χ3v) is 11.3. The third-order valence-electron chi connectivity index (χ3n) is 11.3. The highest BCUT2D eigenvalue weighted by molar-refractivity contribution is 5.27. The van der Waals surface area contributed by atoms with Crippen LogP contribution in [0.4, 0.5) is 0 Å². The Balaban J connectivity index is 1.13. The smallest absolute Gasteiger partial charge is 0.187 e. The molecule has 0 N–H and O–H groups in total. The maximum absolute atomic E-state index is 7.23. The second-order valence-electron chi connectivity index (χ2n) is 16.1. The summed E-state index contributed by atoms with van der Waals surface area (Å²) in [6.45, 7) is 2.35. The van der Waals surface area contributed by atoms with Crippen LogP contribution < -0.4 is 4.74 Å². The number of methoxy groups -OCH3 is 1. The second kappa shape index (κ2) is 24.6. The van der Waals surface area contributed by atoms with Crippen molar-refractivity contribution in [3.63, 3.8) is 0 Å². The standard InChI is InChI=1S/C55H58O10/c1-56-47-29-27-46(28-30-47)38-62-53-52(61-36-44-23-13-5-14-24-44)50(40-58-34-42-19-9-3-10-20-42)64-55(54(53)63-37-45-25-15-6-16-26-45)65-51-48(60-35-43-21-11-4-12-22-43)31-32-59-49(51)39-57-33-41-17-7-2-8-18-41/h2-32,48-55H,33-40H2,1H3/t48-,49-,50-,51-,52+,53+,54-,55-/m1/s1. The third kappa shape index (κ3) is 13.7. The van der Waals surface area contributed by atoms with Crippen LogP contribution >= 0.6 is 0 Å². The molecule has 0 unspecified atom stereocenters. The monoisotopic (exact) mass is 878 g/mol. The van der Waals surface area contributed by atoms with Gasteiger partial charge in [-0.2, -0.15) is 0 Å². The van der Waals surface area contributed by atoms with Crippen LogP contribution in [-0.2, 0) is 82.3 Å². The zero-order valence-corrected chi connectivity index (χ0v) is 36.8. The van der Waals surface area contributed by atoms with Crippen molar-refractivity contribution in [2.24, 2.45) is 0 Å². The molecule has 10 nitrogen and oxygen atoms in total. The molecular formula is C55H58O10. The van der Waals surface area contributed by atoms with Gasteiger partial charge in [0.2, 0.25) is 0 Å². The molecule has 0 aromatic heterocycles. The largest absolute Gasteiger partial charge is 0.497 e. The first-order chi connectivity index (χ1) is 32.2. The highest BCUT2D eigenvalue weighted by Crippen LogP contribution is 2.34. The van der Waals surface area contributed by atoms with Gasteiger partial charge < -0.3 is 47.4 Å². The van der Waals surface area contributed by atoms with Crippen molar-refractivity contribution in [3.8, 4) is 5.75 Å². The summed E-state index contributed by atoms with van der Waals surface area (Å²) in [4.78, 5) is 0. The Morgan fingerprint density at radius 2 is 0.815 bits per heavy atom. The normalized spacial score (nSPS) is 22.8. The summed E-state index contributed by atoms with van der Waals surface area (Å²) < 4.78 is 66.4. The van der Waals surface area contributed by atoms with Crippen LogP contribution in [0.25, 0.3) is 0 Å². The molecule has 0 saturated carbocycles. The summed E-state index contributed by atoms with van der Waals surface area (Å²) in [6, 6.07) is 58.1. The number of rotatable bonds is 23. The van der Waals surface area contributed by atoms with E-state index in [-0.39, 0.29) is 26.4 Å². The Hall–Kier alpha value is -5.66. The van der Waals surface area contributed by atoms with Crippen LogP contribution in [0.15, 0.2) is 188 Å². The molecule has 0 aliphatic carbocycles. The van der Waals surface area contributed by atoms with E-state index in [2.05, 4.69) is 0 Å². The first-order valence-corrected chi connectivity index (χ1v) is 22.3. The van der Waals surface area contributed by atoms with E-state index in [1.54, 1.807) is 13.4 Å². The molecule has 65 heavy (non-hydrogen) atoms. The molecule has 0 radical (unpaired) electrons. The predicted molar refractivity (Wildman–Crippen MR) is 246 cm³/mol. The first-order valence-electron chi connectivity index (χ1n) is 22.3. The fourth-order valence-corrected chi connectivity index (χ4v) is 7.86. The lowest BCUT2D eigenvalue weighted by atomic mass is 9.97. The lowest BCUT2D eigenvalue weighted by Crippen LogP contribution is -2.63. The molecule has 2 aliphatic rings. The Labute approximate surface area is 382 Å². The van der Waals surface area contributed by atoms with E-state index in [1.165, 1.54) is 0 Å². The average molecular weight is 879 g/mol. The molecule has 6 aromatic rings. The van der Waals surface area contributed by atoms with Crippen molar-refractivity contribution < 1.29 is 47.4 Å². The van der Waals surface area contributed by atoms with Crippen molar-refractivity contribution in [2.45, 2.75) is 88.7 Å². The molecular weight excluding hydrogens is 821 g/mol. The zero-order chi connectivity index (χ0) is 44.3. The molecule has 8 rings (SSSR count). The summed E-state index contributed by atoms with van der Waals surface area (Å²) in [6.07, 6.45) is -2.05. The zero-order valence-electron chi connectivity index (χ0n) is 36.8. The maximum Gasteiger partial charge on any atom is 0.187 e. The molecule has 10 heteroatoms. The molecule has 0 amide bonds. The van der Waals surface area contributed by atoms with Gasteiger partial charge in [0, 0.05) is 0 Å². The van der Waals surface area contributed by atoms with Crippen LogP contribution in [0.3, 0.4) is 0 Å². The molecule has 1 fully saturated rings. The van der Waals surface area contributed by atoms with E-state index < -0.39 is 49.0 Å². The van der Waals surface area contributed by atoms with Gasteiger partial charge in [0.25, 0.3) is 0 Å².